The Morgan fingerprint density at radius 3 is 2.62 bits per heavy atom. The normalized spacial score (nSPS) is 10.4. The Bertz CT molecular complexity index is 386. The van der Waals surface area contributed by atoms with Crippen LogP contribution >= 0.6 is 0 Å². The van der Waals surface area contributed by atoms with Crippen LogP contribution in [0.2, 0.25) is 0 Å². The van der Waals surface area contributed by atoms with Crippen molar-refractivity contribution in [1.82, 2.24) is 4.57 Å². The molecule has 0 saturated heterocycles. The van der Waals surface area contributed by atoms with E-state index in [0.717, 1.165) is 18.3 Å². The summed E-state index contributed by atoms with van der Waals surface area (Å²) >= 11 is 0. The van der Waals surface area contributed by atoms with Crippen molar-refractivity contribution in [2.75, 3.05) is 0 Å². The Balaban J connectivity index is 3.36. The zero-order chi connectivity index (χ0) is 10.0. The second-order valence-corrected chi connectivity index (χ2v) is 2.22. The average molecular weight is 189 g/mol. The lowest BCUT2D eigenvalue weighted by molar-refractivity contribution is 0.0629. The number of aromatic nitrogens is 1. The molecule has 70 valence electrons. The van der Waals surface area contributed by atoms with E-state index in [2.05, 4.69) is 0 Å². The van der Waals surface area contributed by atoms with Gasteiger partial charge in [0.05, 0.1) is 0 Å². The monoisotopic (exact) mass is 189 g/mol. The van der Waals surface area contributed by atoms with Crippen LogP contribution in [0.4, 0.5) is 8.78 Å². The topological polar surface area (TPSA) is 59.3 Å². The highest BCUT2D eigenvalue weighted by atomic mass is 19.3. The van der Waals surface area contributed by atoms with Gasteiger partial charge in [0.1, 0.15) is 5.56 Å². The van der Waals surface area contributed by atoms with E-state index in [1.165, 1.54) is 0 Å². The lowest BCUT2D eigenvalue weighted by atomic mass is 10.3. The van der Waals surface area contributed by atoms with Crippen LogP contribution in [0.1, 0.15) is 16.9 Å². The van der Waals surface area contributed by atoms with Crippen LogP contribution in [0, 0.1) is 0 Å². The van der Waals surface area contributed by atoms with Gasteiger partial charge in [0.25, 0.3) is 5.56 Å². The Morgan fingerprint density at radius 1 is 1.54 bits per heavy atom. The minimum absolute atomic E-state index is 0.0590. The van der Waals surface area contributed by atoms with Crippen LogP contribution in [0.25, 0.3) is 0 Å². The van der Waals surface area contributed by atoms with Crippen molar-refractivity contribution in [3.05, 3.63) is 34.2 Å². The van der Waals surface area contributed by atoms with Gasteiger partial charge in [0.2, 0.25) is 0 Å². The van der Waals surface area contributed by atoms with Gasteiger partial charge in [-0.15, -0.1) is 0 Å². The number of carbonyl (C=O) groups is 1. The third kappa shape index (κ3) is 1.71. The number of nitrogens with zero attached hydrogens (tertiary/aromatic N) is 1. The predicted molar refractivity (Wildman–Crippen MR) is 38.9 cm³/mol. The van der Waals surface area contributed by atoms with Gasteiger partial charge in [-0.2, -0.15) is 8.78 Å². The van der Waals surface area contributed by atoms with Crippen LogP contribution in [-0.2, 0) is 0 Å². The first-order chi connectivity index (χ1) is 6.04. The molecule has 0 bridgehead atoms. The molecule has 1 aromatic rings. The summed E-state index contributed by atoms with van der Waals surface area (Å²) in [4.78, 5) is 21.3. The van der Waals surface area contributed by atoms with Crippen LogP contribution in [0.3, 0.4) is 0 Å². The molecule has 4 nitrogen and oxygen atoms in total. The molecule has 1 N–H and O–H groups in total. The number of hydrogen-bond acceptors (Lipinski definition) is 2. The predicted octanol–water partition coefficient (Wildman–Crippen LogP) is 0.942. The van der Waals surface area contributed by atoms with Gasteiger partial charge in [-0.05, 0) is 12.1 Å². The summed E-state index contributed by atoms with van der Waals surface area (Å²) in [6.07, 6.45) is 0.833. The van der Waals surface area contributed by atoms with Gasteiger partial charge in [-0.3, -0.25) is 9.36 Å². The molecule has 1 rings (SSSR count). The largest absolute Gasteiger partial charge is 0.477 e. The van der Waals surface area contributed by atoms with E-state index in [1.807, 2.05) is 0 Å². The summed E-state index contributed by atoms with van der Waals surface area (Å²) in [5.41, 5.74) is -1.87. The highest BCUT2D eigenvalue weighted by molar-refractivity contribution is 5.86. The second kappa shape index (κ2) is 3.34. The number of aromatic carboxylic acids is 1. The van der Waals surface area contributed by atoms with Crippen molar-refractivity contribution < 1.29 is 18.7 Å². The average Bonchev–Trinajstić information content (AvgIpc) is 2.03. The molecule has 1 aromatic heterocycles. The van der Waals surface area contributed by atoms with Crippen molar-refractivity contribution in [3.8, 4) is 0 Å². The number of hydrogen-bond donors (Lipinski definition) is 1. The van der Waals surface area contributed by atoms with E-state index in [4.69, 9.17) is 5.11 Å². The van der Waals surface area contributed by atoms with Crippen molar-refractivity contribution in [2.45, 2.75) is 6.55 Å². The Morgan fingerprint density at radius 2 is 2.15 bits per heavy atom. The fourth-order valence-corrected chi connectivity index (χ4v) is 0.827. The minimum Gasteiger partial charge on any atom is -0.477 e. The zero-order valence-corrected chi connectivity index (χ0v) is 6.28. The molecule has 0 unspecified atom stereocenters. The van der Waals surface area contributed by atoms with Gasteiger partial charge >= 0.3 is 12.5 Å². The van der Waals surface area contributed by atoms with E-state index in [-0.39, 0.29) is 4.57 Å². The summed E-state index contributed by atoms with van der Waals surface area (Å²) in [5, 5.41) is 8.41. The third-order valence-electron chi connectivity index (χ3n) is 1.42. The quantitative estimate of drug-likeness (QED) is 0.753. The SMILES string of the molecule is O=C(O)c1cccn(C(F)F)c1=O. The first-order valence-electron chi connectivity index (χ1n) is 3.26. The summed E-state index contributed by atoms with van der Waals surface area (Å²) in [7, 11) is 0. The van der Waals surface area contributed by atoms with Crippen molar-refractivity contribution >= 4 is 5.97 Å². The third-order valence-corrected chi connectivity index (χ3v) is 1.42. The Hall–Kier alpha value is -1.72. The molecule has 0 atom stereocenters. The van der Waals surface area contributed by atoms with Crippen molar-refractivity contribution in [1.29, 1.82) is 0 Å². The molecule has 1 heterocycles. The van der Waals surface area contributed by atoms with Gasteiger partial charge in [0, 0.05) is 6.20 Å². The molecule has 0 fully saturated rings. The summed E-state index contributed by atoms with van der Waals surface area (Å²) in [6.45, 7) is -3.02. The molecule has 0 aromatic carbocycles. The maximum absolute atomic E-state index is 12.0. The molecule has 6 heteroatoms. The molecule has 0 amide bonds. The zero-order valence-electron chi connectivity index (χ0n) is 6.28. The molecule has 0 spiro atoms. The van der Waals surface area contributed by atoms with Gasteiger partial charge in [-0.1, -0.05) is 0 Å². The van der Waals surface area contributed by atoms with Crippen LogP contribution in [0.5, 0.6) is 0 Å². The number of carboxylic acids is 1. The molecule has 0 radical (unpaired) electrons. The number of halogens is 2. The maximum atomic E-state index is 12.0. The number of alkyl halides is 2. The Kier molecular flexibility index (Phi) is 2.41. The second-order valence-electron chi connectivity index (χ2n) is 2.22. The molecule has 0 saturated carbocycles. The summed E-state index contributed by atoms with van der Waals surface area (Å²) < 4.78 is 24.1. The number of carboxylic acid groups (broad SMARTS) is 1. The number of rotatable bonds is 2. The maximum Gasteiger partial charge on any atom is 0.341 e. The highest BCUT2D eigenvalue weighted by Crippen LogP contribution is 2.05. The van der Waals surface area contributed by atoms with E-state index < -0.39 is 23.6 Å². The van der Waals surface area contributed by atoms with Crippen molar-refractivity contribution in [3.63, 3.8) is 0 Å². The lowest BCUT2D eigenvalue weighted by Gasteiger charge is -2.03. The molecular weight excluding hydrogens is 184 g/mol. The smallest absolute Gasteiger partial charge is 0.341 e. The van der Waals surface area contributed by atoms with Gasteiger partial charge < -0.3 is 5.11 Å². The van der Waals surface area contributed by atoms with E-state index >= 15 is 0 Å². The van der Waals surface area contributed by atoms with Gasteiger partial charge in [0.15, 0.2) is 0 Å². The van der Waals surface area contributed by atoms with Crippen LogP contribution < -0.4 is 5.56 Å². The van der Waals surface area contributed by atoms with E-state index in [1.54, 1.807) is 0 Å². The van der Waals surface area contributed by atoms with Crippen LogP contribution in [-0.4, -0.2) is 15.6 Å². The van der Waals surface area contributed by atoms with Gasteiger partial charge in [-0.25, -0.2) is 4.79 Å². The van der Waals surface area contributed by atoms with E-state index in [0.29, 0.717) is 0 Å². The van der Waals surface area contributed by atoms with Crippen molar-refractivity contribution in [2.24, 2.45) is 0 Å². The molecular formula is C7H5F2NO3. The summed E-state index contributed by atoms with van der Waals surface area (Å²) in [6, 6.07) is 2.06. The number of pyridine rings is 1. The molecule has 13 heavy (non-hydrogen) atoms. The fraction of sp³-hybridized carbons (Fsp3) is 0.143. The first-order valence-corrected chi connectivity index (χ1v) is 3.26. The lowest BCUT2D eigenvalue weighted by Crippen LogP contribution is -2.25. The van der Waals surface area contributed by atoms with Crippen LogP contribution in [0.15, 0.2) is 23.1 Å². The first kappa shape index (κ1) is 9.37. The molecule has 0 aliphatic rings. The minimum atomic E-state index is -3.02. The standard InChI is InChI=1S/C7H5F2NO3/c8-7(9)10-3-1-2-4(5(10)11)6(12)13/h1-3,7H,(H,12,13). The highest BCUT2D eigenvalue weighted by Gasteiger charge is 2.14. The summed E-state index contributed by atoms with van der Waals surface area (Å²) in [5.74, 6) is -1.51. The molecule has 0 aliphatic heterocycles. The molecule has 0 aliphatic carbocycles. The fourth-order valence-electron chi connectivity index (χ4n) is 0.827. The Labute approximate surface area is 71.0 Å². The van der Waals surface area contributed by atoms with E-state index in [9.17, 15) is 18.4 Å².